The fourth-order valence-electron chi connectivity index (χ4n) is 2.52. The summed E-state index contributed by atoms with van der Waals surface area (Å²) in [6.07, 6.45) is 1.59. The molecule has 2 aromatic heterocycles. The molecule has 1 aliphatic rings. The number of H-pyrrole nitrogens is 1. The van der Waals surface area contributed by atoms with E-state index in [0.29, 0.717) is 36.6 Å². The Morgan fingerprint density at radius 2 is 2.24 bits per heavy atom. The highest BCUT2D eigenvalue weighted by Crippen LogP contribution is 2.17. The number of pyridine rings is 1. The van der Waals surface area contributed by atoms with Gasteiger partial charge in [0, 0.05) is 12.3 Å². The van der Waals surface area contributed by atoms with Crippen molar-refractivity contribution in [2.75, 3.05) is 20.0 Å². The van der Waals surface area contributed by atoms with Crippen molar-refractivity contribution in [2.45, 2.75) is 17.0 Å². The Labute approximate surface area is 146 Å². The zero-order chi connectivity index (χ0) is 17.1. The molecule has 2 unspecified atom stereocenters. The lowest BCUT2D eigenvalue weighted by Crippen LogP contribution is -2.19. The number of fused-ring (bicyclic) bond motifs is 1. The average Bonchev–Trinajstić information content (AvgIpc) is 3.29. The molecule has 8 heteroatoms. The summed E-state index contributed by atoms with van der Waals surface area (Å²) >= 11 is 0. The van der Waals surface area contributed by atoms with E-state index >= 15 is 0 Å². The quantitative estimate of drug-likeness (QED) is 0.725. The van der Waals surface area contributed by atoms with Crippen LogP contribution in [-0.2, 0) is 26.0 Å². The molecule has 1 aromatic carbocycles. The number of imidazole rings is 1. The van der Waals surface area contributed by atoms with E-state index in [2.05, 4.69) is 15.0 Å². The number of ether oxygens (including phenoxy) is 3. The summed E-state index contributed by atoms with van der Waals surface area (Å²) in [7, 11) is -1.31. The van der Waals surface area contributed by atoms with Crippen molar-refractivity contribution in [3.05, 3.63) is 48.3 Å². The molecule has 2 atom stereocenters. The number of benzene rings is 1. The third-order valence-corrected chi connectivity index (χ3v) is 4.96. The number of hydrogen-bond acceptors (Lipinski definition) is 6. The Morgan fingerprint density at radius 1 is 1.32 bits per heavy atom. The standard InChI is InChI=1S/C17H17N3O4S/c21-25(17-19-15-3-1-2-4-16(15)20-17)10-12-7-13(5-6-18-12)23-9-14-8-22-11-24-14/h1-7,14H,8-11H2,(H,19,20). The SMILES string of the molecule is O=S(Cc1cc(OCC2COCO2)ccn1)c1nc2ccccc2[nH]1. The third-order valence-electron chi connectivity index (χ3n) is 3.78. The molecule has 1 fully saturated rings. The van der Waals surface area contributed by atoms with E-state index in [4.69, 9.17) is 14.2 Å². The van der Waals surface area contributed by atoms with Crippen molar-refractivity contribution in [1.29, 1.82) is 0 Å². The molecular weight excluding hydrogens is 342 g/mol. The van der Waals surface area contributed by atoms with Crippen molar-refractivity contribution in [2.24, 2.45) is 0 Å². The van der Waals surface area contributed by atoms with Crippen LogP contribution in [0.5, 0.6) is 5.75 Å². The number of aromatic amines is 1. The summed E-state index contributed by atoms with van der Waals surface area (Å²) in [5, 5.41) is 0.450. The molecule has 0 amide bonds. The van der Waals surface area contributed by atoms with Gasteiger partial charge in [0.15, 0.2) is 5.16 Å². The average molecular weight is 359 g/mol. The van der Waals surface area contributed by atoms with Gasteiger partial charge in [-0.15, -0.1) is 0 Å². The van der Waals surface area contributed by atoms with Crippen molar-refractivity contribution < 1.29 is 18.4 Å². The number of nitrogens with zero attached hydrogens (tertiary/aromatic N) is 2. The second-order valence-corrected chi connectivity index (χ2v) is 6.99. The van der Waals surface area contributed by atoms with Crippen molar-refractivity contribution in [3.8, 4) is 5.75 Å². The van der Waals surface area contributed by atoms with Crippen LogP contribution in [0.3, 0.4) is 0 Å². The number of hydrogen-bond donors (Lipinski definition) is 1. The molecule has 130 valence electrons. The zero-order valence-corrected chi connectivity index (χ0v) is 14.2. The van der Waals surface area contributed by atoms with Crippen LogP contribution in [0.4, 0.5) is 0 Å². The van der Waals surface area contributed by atoms with Gasteiger partial charge in [-0.2, -0.15) is 0 Å². The van der Waals surface area contributed by atoms with Crippen LogP contribution < -0.4 is 4.74 Å². The van der Waals surface area contributed by atoms with E-state index in [1.54, 1.807) is 18.3 Å². The molecule has 0 radical (unpaired) electrons. The van der Waals surface area contributed by atoms with Crippen LogP contribution in [0, 0.1) is 0 Å². The van der Waals surface area contributed by atoms with Gasteiger partial charge in [0.05, 0.1) is 39.9 Å². The molecule has 0 aliphatic carbocycles. The zero-order valence-electron chi connectivity index (χ0n) is 13.4. The van der Waals surface area contributed by atoms with Gasteiger partial charge in [-0.3, -0.25) is 9.19 Å². The van der Waals surface area contributed by atoms with E-state index < -0.39 is 10.8 Å². The van der Waals surface area contributed by atoms with Gasteiger partial charge in [-0.1, -0.05) is 12.1 Å². The fraction of sp³-hybridized carbons (Fsp3) is 0.294. The van der Waals surface area contributed by atoms with E-state index in [0.717, 1.165) is 11.0 Å². The highest BCUT2D eigenvalue weighted by molar-refractivity contribution is 7.84. The lowest BCUT2D eigenvalue weighted by atomic mass is 10.3. The monoisotopic (exact) mass is 359 g/mol. The first-order chi connectivity index (χ1) is 12.3. The van der Waals surface area contributed by atoms with Gasteiger partial charge < -0.3 is 19.2 Å². The highest BCUT2D eigenvalue weighted by atomic mass is 32.2. The minimum atomic E-state index is -1.31. The van der Waals surface area contributed by atoms with E-state index in [1.807, 2.05) is 24.3 Å². The highest BCUT2D eigenvalue weighted by Gasteiger charge is 2.17. The summed E-state index contributed by atoms with van der Waals surface area (Å²) in [6, 6.07) is 11.2. The molecule has 1 aliphatic heterocycles. The van der Waals surface area contributed by atoms with E-state index in [9.17, 15) is 4.21 Å². The molecule has 0 saturated carbocycles. The number of nitrogens with one attached hydrogen (secondary N) is 1. The minimum absolute atomic E-state index is 0.0544. The van der Waals surface area contributed by atoms with Crippen LogP contribution in [0.1, 0.15) is 5.69 Å². The van der Waals surface area contributed by atoms with Crippen molar-refractivity contribution >= 4 is 21.8 Å². The molecule has 0 spiro atoms. The first-order valence-corrected chi connectivity index (χ1v) is 9.20. The van der Waals surface area contributed by atoms with Crippen molar-refractivity contribution in [1.82, 2.24) is 15.0 Å². The van der Waals surface area contributed by atoms with Crippen LogP contribution in [0.2, 0.25) is 0 Å². The second kappa shape index (κ2) is 7.30. The molecule has 4 rings (SSSR count). The molecule has 3 heterocycles. The first kappa shape index (κ1) is 16.2. The lowest BCUT2D eigenvalue weighted by molar-refractivity contribution is 0.0320. The molecule has 7 nitrogen and oxygen atoms in total. The maximum Gasteiger partial charge on any atom is 0.197 e. The van der Waals surface area contributed by atoms with Crippen LogP contribution in [0.15, 0.2) is 47.8 Å². The number of rotatable bonds is 6. The van der Waals surface area contributed by atoms with Gasteiger partial charge in [-0.05, 0) is 18.2 Å². The maximum atomic E-state index is 12.6. The fourth-order valence-corrected chi connectivity index (χ4v) is 3.51. The van der Waals surface area contributed by atoms with Gasteiger partial charge in [0.25, 0.3) is 0 Å². The Hall–Kier alpha value is -2.29. The topological polar surface area (TPSA) is 86.3 Å². The van der Waals surface area contributed by atoms with Crippen molar-refractivity contribution in [3.63, 3.8) is 0 Å². The molecule has 1 saturated heterocycles. The van der Waals surface area contributed by atoms with Gasteiger partial charge in [-0.25, -0.2) is 4.98 Å². The normalized spacial score (nSPS) is 18.5. The Morgan fingerprint density at radius 3 is 3.08 bits per heavy atom. The summed E-state index contributed by atoms with van der Waals surface area (Å²) in [5.41, 5.74) is 2.35. The van der Waals surface area contributed by atoms with Crippen LogP contribution >= 0.6 is 0 Å². The first-order valence-electron chi connectivity index (χ1n) is 7.88. The summed E-state index contributed by atoms with van der Waals surface area (Å²) in [6.45, 7) is 1.26. The number of para-hydroxylation sites is 2. The van der Waals surface area contributed by atoms with E-state index in [1.165, 1.54) is 0 Å². The molecule has 3 aromatic rings. The molecule has 1 N–H and O–H groups in total. The Balaban J connectivity index is 1.42. The summed E-state index contributed by atoms with van der Waals surface area (Å²) in [4.78, 5) is 11.7. The number of aromatic nitrogens is 3. The lowest BCUT2D eigenvalue weighted by Gasteiger charge is -2.10. The van der Waals surface area contributed by atoms with Gasteiger partial charge in [0.1, 0.15) is 25.3 Å². The molecular formula is C17H17N3O4S. The predicted molar refractivity (Wildman–Crippen MR) is 91.6 cm³/mol. The molecule has 25 heavy (non-hydrogen) atoms. The summed E-state index contributed by atoms with van der Waals surface area (Å²) in [5.74, 6) is 0.933. The third kappa shape index (κ3) is 3.87. The van der Waals surface area contributed by atoms with Crippen LogP contribution in [-0.4, -0.2) is 45.3 Å². The van der Waals surface area contributed by atoms with E-state index in [-0.39, 0.29) is 11.9 Å². The second-order valence-electron chi connectivity index (χ2n) is 5.62. The predicted octanol–water partition coefficient (Wildman–Crippen LogP) is 2.02. The summed E-state index contributed by atoms with van der Waals surface area (Å²) < 4.78 is 28.7. The van der Waals surface area contributed by atoms with Gasteiger partial charge in [0.2, 0.25) is 0 Å². The van der Waals surface area contributed by atoms with Gasteiger partial charge >= 0.3 is 0 Å². The Kier molecular flexibility index (Phi) is 4.73. The largest absolute Gasteiger partial charge is 0.491 e. The minimum Gasteiger partial charge on any atom is -0.491 e. The maximum absolute atomic E-state index is 12.6. The smallest absolute Gasteiger partial charge is 0.197 e. The molecule has 0 bridgehead atoms. The van der Waals surface area contributed by atoms with Crippen LogP contribution in [0.25, 0.3) is 11.0 Å². The Bertz CT molecular complexity index is 859.